The van der Waals surface area contributed by atoms with E-state index in [0.29, 0.717) is 0 Å². The third-order valence-corrected chi connectivity index (χ3v) is 2.83. The van der Waals surface area contributed by atoms with Gasteiger partial charge >= 0.3 is 0 Å². The summed E-state index contributed by atoms with van der Waals surface area (Å²) in [5, 5.41) is 0.904. The van der Waals surface area contributed by atoms with Crippen LogP contribution >= 0.6 is 11.6 Å². The van der Waals surface area contributed by atoms with E-state index in [9.17, 15) is 0 Å². The van der Waals surface area contributed by atoms with E-state index in [1.807, 2.05) is 13.0 Å². The summed E-state index contributed by atoms with van der Waals surface area (Å²) in [5.74, 6) is 0.280. The van der Waals surface area contributed by atoms with Crippen LogP contribution in [0.3, 0.4) is 0 Å². The van der Waals surface area contributed by atoms with Crippen molar-refractivity contribution >= 4 is 17.7 Å². The molecule has 0 radical (unpaired) electrons. The van der Waals surface area contributed by atoms with Gasteiger partial charge in [-0.25, -0.2) is 0 Å². The van der Waals surface area contributed by atoms with Crippen molar-refractivity contribution in [3.63, 3.8) is 0 Å². The lowest BCUT2D eigenvalue weighted by atomic mass is 10.0. The summed E-state index contributed by atoms with van der Waals surface area (Å²) in [5.41, 5.74) is 2.60. The van der Waals surface area contributed by atoms with Crippen molar-refractivity contribution in [1.82, 2.24) is 0 Å². The minimum atomic E-state index is 0.280. The molecule has 1 aromatic rings. The van der Waals surface area contributed by atoms with Crippen LogP contribution in [0.5, 0.6) is 0 Å². The lowest BCUT2D eigenvalue weighted by Gasteiger charge is -2.08. The van der Waals surface area contributed by atoms with Gasteiger partial charge in [-0.05, 0) is 18.1 Å². The van der Waals surface area contributed by atoms with Crippen LogP contribution in [0.1, 0.15) is 24.0 Å². The lowest BCUT2D eigenvalue weighted by Crippen LogP contribution is -1.92. The van der Waals surface area contributed by atoms with Gasteiger partial charge in [0, 0.05) is 11.0 Å². The van der Waals surface area contributed by atoms with Crippen LogP contribution in [0.15, 0.2) is 41.4 Å². The zero-order valence-corrected chi connectivity index (χ0v) is 8.25. The molecule has 2 rings (SSSR count). The van der Waals surface area contributed by atoms with E-state index < -0.39 is 0 Å². The van der Waals surface area contributed by atoms with Crippen molar-refractivity contribution < 1.29 is 0 Å². The highest BCUT2D eigenvalue weighted by molar-refractivity contribution is 6.30. The molecule has 1 aliphatic carbocycles. The maximum absolute atomic E-state index is 6.11. The normalized spacial score (nSPS) is 20.5. The molecule has 1 heteroatoms. The van der Waals surface area contributed by atoms with Crippen LogP contribution in [-0.2, 0) is 0 Å². The predicted molar refractivity (Wildman–Crippen MR) is 57.8 cm³/mol. The van der Waals surface area contributed by atoms with E-state index in [0.717, 1.165) is 5.03 Å². The summed E-state index contributed by atoms with van der Waals surface area (Å²) >= 11 is 6.11. The molecular formula is C12H11Cl. The number of benzene rings is 1. The van der Waals surface area contributed by atoms with E-state index in [2.05, 4.69) is 36.4 Å². The molecule has 0 heterocycles. The van der Waals surface area contributed by atoms with Crippen molar-refractivity contribution in [3.8, 4) is 0 Å². The number of hydrogen-bond acceptors (Lipinski definition) is 0. The second kappa shape index (κ2) is 3.39. The first kappa shape index (κ1) is 8.58. The quantitative estimate of drug-likeness (QED) is 0.629. The summed E-state index contributed by atoms with van der Waals surface area (Å²) in [7, 11) is 0. The summed E-state index contributed by atoms with van der Waals surface area (Å²) in [6.07, 6.45) is 6.23. The van der Waals surface area contributed by atoms with Gasteiger partial charge in [0.2, 0.25) is 0 Å². The Morgan fingerprint density at radius 2 is 2.15 bits per heavy atom. The SMILES string of the molecule is CC=C(Cl)C1C=Cc2ccccc21. The van der Waals surface area contributed by atoms with Crippen LogP contribution in [0.2, 0.25) is 0 Å². The van der Waals surface area contributed by atoms with Gasteiger partial charge < -0.3 is 0 Å². The average molecular weight is 191 g/mol. The Hall–Kier alpha value is -1.01. The van der Waals surface area contributed by atoms with Crippen LogP contribution < -0.4 is 0 Å². The molecule has 0 bridgehead atoms. The van der Waals surface area contributed by atoms with Crippen LogP contribution in [-0.4, -0.2) is 0 Å². The van der Waals surface area contributed by atoms with Crippen LogP contribution in [0, 0.1) is 0 Å². The molecule has 0 N–H and O–H groups in total. The number of rotatable bonds is 1. The van der Waals surface area contributed by atoms with Gasteiger partial charge in [0.25, 0.3) is 0 Å². The maximum atomic E-state index is 6.11. The maximum Gasteiger partial charge on any atom is 0.0383 e. The first-order chi connectivity index (χ1) is 6.33. The van der Waals surface area contributed by atoms with Crippen LogP contribution in [0.4, 0.5) is 0 Å². The minimum absolute atomic E-state index is 0.280. The zero-order chi connectivity index (χ0) is 9.26. The Labute approximate surface area is 83.5 Å². The fourth-order valence-corrected chi connectivity index (χ4v) is 1.86. The summed E-state index contributed by atoms with van der Waals surface area (Å²) in [6.45, 7) is 1.97. The fraction of sp³-hybridized carbons (Fsp3) is 0.167. The fourth-order valence-electron chi connectivity index (χ4n) is 1.67. The van der Waals surface area contributed by atoms with Crippen molar-refractivity contribution in [1.29, 1.82) is 0 Å². The molecule has 0 saturated heterocycles. The number of allylic oxidation sites excluding steroid dienone is 3. The Morgan fingerprint density at radius 1 is 1.38 bits per heavy atom. The van der Waals surface area contributed by atoms with E-state index in [4.69, 9.17) is 11.6 Å². The van der Waals surface area contributed by atoms with E-state index in [1.165, 1.54) is 11.1 Å². The van der Waals surface area contributed by atoms with Gasteiger partial charge in [-0.2, -0.15) is 0 Å². The molecule has 0 spiro atoms. The molecule has 0 aromatic heterocycles. The molecule has 0 fully saturated rings. The van der Waals surface area contributed by atoms with Gasteiger partial charge in [0.15, 0.2) is 0 Å². The highest BCUT2D eigenvalue weighted by Gasteiger charge is 2.18. The molecule has 0 nitrogen and oxygen atoms in total. The van der Waals surface area contributed by atoms with E-state index in [1.54, 1.807) is 0 Å². The molecule has 1 aliphatic rings. The van der Waals surface area contributed by atoms with Crippen molar-refractivity contribution in [2.45, 2.75) is 12.8 Å². The number of halogens is 1. The second-order valence-corrected chi connectivity index (χ2v) is 3.58. The van der Waals surface area contributed by atoms with Gasteiger partial charge in [-0.15, -0.1) is 0 Å². The van der Waals surface area contributed by atoms with Crippen molar-refractivity contribution in [2.24, 2.45) is 0 Å². The van der Waals surface area contributed by atoms with E-state index in [-0.39, 0.29) is 5.92 Å². The molecule has 66 valence electrons. The van der Waals surface area contributed by atoms with Crippen LogP contribution in [0.25, 0.3) is 6.08 Å². The first-order valence-corrected chi connectivity index (χ1v) is 4.79. The van der Waals surface area contributed by atoms with E-state index >= 15 is 0 Å². The number of fused-ring (bicyclic) bond motifs is 1. The smallest absolute Gasteiger partial charge is 0.0383 e. The standard InChI is InChI=1S/C12H11Cl/c1-2-12(13)11-8-7-9-5-3-4-6-10(9)11/h2-8,11H,1H3. The molecule has 13 heavy (non-hydrogen) atoms. The predicted octanol–water partition coefficient (Wildman–Crippen LogP) is 3.94. The Balaban J connectivity index is 2.44. The molecule has 1 atom stereocenters. The van der Waals surface area contributed by atoms with Crippen molar-refractivity contribution in [2.75, 3.05) is 0 Å². The topological polar surface area (TPSA) is 0 Å². The summed E-state index contributed by atoms with van der Waals surface area (Å²) in [4.78, 5) is 0. The van der Waals surface area contributed by atoms with Crippen molar-refractivity contribution in [3.05, 3.63) is 52.6 Å². The van der Waals surface area contributed by atoms with Gasteiger partial charge in [-0.1, -0.05) is 54.1 Å². The molecule has 0 saturated carbocycles. The zero-order valence-electron chi connectivity index (χ0n) is 7.50. The van der Waals surface area contributed by atoms with Gasteiger partial charge in [-0.3, -0.25) is 0 Å². The molecule has 1 aromatic carbocycles. The summed E-state index contributed by atoms with van der Waals surface area (Å²) < 4.78 is 0. The molecule has 0 aliphatic heterocycles. The Morgan fingerprint density at radius 3 is 2.92 bits per heavy atom. The van der Waals surface area contributed by atoms with Gasteiger partial charge in [0.05, 0.1) is 0 Å². The Kier molecular flexibility index (Phi) is 2.24. The molecular weight excluding hydrogens is 180 g/mol. The Bertz CT molecular complexity index is 374. The monoisotopic (exact) mass is 190 g/mol. The molecule has 1 unspecified atom stereocenters. The third kappa shape index (κ3) is 1.42. The minimum Gasteiger partial charge on any atom is -0.0885 e. The third-order valence-electron chi connectivity index (χ3n) is 2.37. The highest BCUT2D eigenvalue weighted by Crippen LogP contribution is 2.36. The number of hydrogen-bond donors (Lipinski definition) is 0. The lowest BCUT2D eigenvalue weighted by molar-refractivity contribution is 1.08. The summed E-state index contributed by atoms with van der Waals surface area (Å²) in [6, 6.07) is 8.35. The first-order valence-electron chi connectivity index (χ1n) is 4.42. The second-order valence-electron chi connectivity index (χ2n) is 3.14. The van der Waals surface area contributed by atoms with Gasteiger partial charge in [0.1, 0.15) is 0 Å². The highest BCUT2D eigenvalue weighted by atomic mass is 35.5. The average Bonchev–Trinajstić information content (AvgIpc) is 2.60. The molecule has 0 amide bonds. The largest absolute Gasteiger partial charge is 0.0885 e.